The lowest BCUT2D eigenvalue weighted by atomic mass is 10.2. The number of nitriles is 1. The number of hydrogen-bond donors (Lipinski definition) is 1. The van der Waals surface area contributed by atoms with Crippen molar-refractivity contribution in [1.82, 2.24) is 4.98 Å². The summed E-state index contributed by atoms with van der Waals surface area (Å²) in [5.74, 6) is 0.601. The Bertz CT molecular complexity index is 678. The highest BCUT2D eigenvalue weighted by Crippen LogP contribution is 2.32. The first-order chi connectivity index (χ1) is 10.0. The maximum absolute atomic E-state index is 8.93. The highest BCUT2D eigenvalue weighted by Gasteiger charge is 2.13. The van der Waals surface area contributed by atoms with E-state index in [1.54, 1.807) is 36.6 Å². The molecular weight excluding hydrogens is 308 g/mol. The number of aromatic nitrogens is 1. The highest BCUT2D eigenvalue weighted by atomic mass is 35.5. The number of nitrogens with one attached hydrogen (secondary N) is 1. The van der Waals surface area contributed by atoms with Gasteiger partial charge in [-0.3, -0.25) is 0 Å². The summed E-state index contributed by atoms with van der Waals surface area (Å²) in [6, 6.07) is 7.21. The van der Waals surface area contributed by atoms with E-state index in [1.165, 1.54) is 0 Å². The summed E-state index contributed by atoms with van der Waals surface area (Å²) in [7, 11) is 5.47. The fourth-order valence-electron chi connectivity index (χ4n) is 1.69. The Hall–Kier alpha value is -1.97. The number of methoxy groups -OCH3 is 1. The van der Waals surface area contributed by atoms with Crippen molar-refractivity contribution in [2.24, 2.45) is 0 Å². The van der Waals surface area contributed by atoms with Crippen LogP contribution in [-0.2, 0) is 6.54 Å². The molecule has 0 spiro atoms. The zero-order valence-corrected chi connectivity index (χ0v) is 13.5. The molecule has 0 atom stereocenters. The van der Waals surface area contributed by atoms with E-state index in [0.717, 1.165) is 15.7 Å². The van der Waals surface area contributed by atoms with Gasteiger partial charge in [0, 0.05) is 14.1 Å². The monoisotopic (exact) mass is 322 g/mol. The van der Waals surface area contributed by atoms with Gasteiger partial charge in [0.15, 0.2) is 5.13 Å². The second-order valence-electron chi connectivity index (χ2n) is 4.48. The molecule has 0 fully saturated rings. The SMILES string of the molecule is COc1nc(N(C)C)sc1CNc1cc(C#N)ccc1Cl. The van der Waals surface area contributed by atoms with Crippen molar-refractivity contribution >= 4 is 33.8 Å². The molecule has 0 radical (unpaired) electrons. The van der Waals surface area contributed by atoms with Crippen molar-refractivity contribution in [3.8, 4) is 11.9 Å². The van der Waals surface area contributed by atoms with Gasteiger partial charge in [-0.25, -0.2) is 0 Å². The third-order valence-corrected chi connectivity index (χ3v) is 4.29. The molecule has 0 bridgehead atoms. The zero-order valence-electron chi connectivity index (χ0n) is 12.0. The molecule has 2 rings (SSSR count). The molecule has 7 heteroatoms. The number of anilines is 2. The van der Waals surface area contributed by atoms with Crippen LogP contribution < -0.4 is 15.0 Å². The fourth-order valence-corrected chi connectivity index (χ4v) is 2.77. The Morgan fingerprint density at radius 3 is 2.86 bits per heavy atom. The van der Waals surface area contributed by atoms with E-state index in [0.29, 0.717) is 23.0 Å². The first kappa shape index (κ1) is 15.4. The number of rotatable bonds is 5. The van der Waals surface area contributed by atoms with Gasteiger partial charge in [0.25, 0.3) is 0 Å². The number of ether oxygens (including phenoxy) is 1. The lowest BCUT2D eigenvalue weighted by Gasteiger charge is -2.08. The first-order valence-electron chi connectivity index (χ1n) is 6.19. The number of benzene rings is 1. The Morgan fingerprint density at radius 1 is 1.48 bits per heavy atom. The highest BCUT2D eigenvalue weighted by molar-refractivity contribution is 7.15. The van der Waals surface area contributed by atoms with Crippen molar-refractivity contribution in [1.29, 1.82) is 5.26 Å². The van der Waals surface area contributed by atoms with Crippen LogP contribution in [0.25, 0.3) is 0 Å². The summed E-state index contributed by atoms with van der Waals surface area (Å²) in [6.07, 6.45) is 0. The molecule has 110 valence electrons. The van der Waals surface area contributed by atoms with Crippen LogP contribution in [0, 0.1) is 11.3 Å². The van der Waals surface area contributed by atoms with Crippen molar-refractivity contribution in [2.75, 3.05) is 31.4 Å². The van der Waals surface area contributed by atoms with E-state index < -0.39 is 0 Å². The second kappa shape index (κ2) is 6.66. The maximum Gasteiger partial charge on any atom is 0.231 e. The minimum absolute atomic E-state index is 0.531. The molecule has 1 N–H and O–H groups in total. The average molecular weight is 323 g/mol. The summed E-state index contributed by atoms with van der Waals surface area (Å²) in [5.41, 5.74) is 1.28. The molecule has 0 aliphatic rings. The quantitative estimate of drug-likeness (QED) is 0.914. The predicted octanol–water partition coefficient (Wildman–Crippen LogP) is 3.35. The first-order valence-corrected chi connectivity index (χ1v) is 7.39. The summed E-state index contributed by atoms with van der Waals surface area (Å²) < 4.78 is 5.29. The number of nitrogens with zero attached hydrogens (tertiary/aromatic N) is 3. The van der Waals surface area contributed by atoms with Crippen LogP contribution >= 0.6 is 22.9 Å². The van der Waals surface area contributed by atoms with Crippen molar-refractivity contribution in [2.45, 2.75) is 6.54 Å². The van der Waals surface area contributed by atoms with E-state index >= 15 is 0 Å². The lowest BCUT2D eigenvalue weighted by Crippen LogP contribution is -2.07. The normalized spacial score (nSPS) is 10.0. The maximum atomic E-state index is 8.93. The van der Waals surface area contributed by atoms with Crippen LogP contribution in [0.4, 0.5) is 10.8 Å². The second-order valence-corrected chi connectivity index (χ2v) is 5.95. The lowest BCUT2D eigenvalue weighted by molar-refractivity contribution is 0.397. The summed E-state index contributed by atoms with van der Waals surface area (Å²) in [5, 5.41) is 13.6. The minimum Gasteiger partial charge on any atom is -0.480 e. The van der Waals surface area contributed by atoms with Gasteiger partial charge in [-0.1, -0.05) is 22.9 Å². The average Bonchev–Trinajstić information content (AvgIpc) is 2.90. The van der Waals surface area contributed by atoms with Gasteiger partial charge < -0.3 is 15.0 Å². The molecule has 0 amide bonds. The predicted molar refractivity (Wildman–Crippen MR) is 86.5 cm³/mol. The van der Waals surface area contributed by atoms with E-state index in [1.807, 2.05) is 19.0 Å². The standard InChI is InChI=1S/C14H15ClN4OS/c1-19(2)14-18-13(20-3)12(21-14)8-17-11-6-9(7-16)4-5-10(11)15/h4-6,17H,8H2,1-3H3. The van der Waals surface area contributed by atoms with E-state index in [2.05, 4.69) is 16.4 Å². The number of hydrogen-bond acceptors (Lipinski definition) is 6. The van der Waals surface area contributed by atoms with E-state index in [9.17, 15) is 0 Å². The fraction of sp³-hybridized carbons (Fsp3) is 0.286. The summed E-state index contributed by atoms with van der Waals surface area (Å²) >= 11 is 7.67. The van der Waals surface area contributed by atoms with Gasteiger partial charge in [0.2, 0.25) is 5.88 Å². The topological polar surface area (TPSA) is 61.2 Å². The molecule has 0 aliphatic carbocycles. The third-order valence-electron chi connectivity index (χ3n) is 2.76. The molecule has 2 aromatic rings. The van der Waals surface area contributed by atoms with Gasteiger partial charge in [-0.2, -0.15) is 10.2 Å². The molecular formula is C14H15ClN4OS. The largest absolute Gasteiger partial charge is 0.480 e. The zero-order chi connectivity index (χ0) is 15.4. The minimum atomic E-state index is 0.531. The summed E-state index contributed by atoms with van der Waals surface area (Å²) in [4.78, 5) is 7.30. The third kappa shape index (κ3) is 3.57. The van der Waals surface area contributed by atoms with Crippen LogP contribution in [0.15, 0.2) is 18.2 Å². The van der Waals surface area contributed by atoms with Crippen LogP contribution in [-0.4, -0.2) is 26.2 Å². The Balaban J connectivity index is 2.18. The summed E-state index contributed by atoms with van der Waals surface area (Å²) in [6.45, 7) is 0.531. The van der Waals surface area contributed by atoms with Gasteiger partial charge in [0.05, 0.1) is 40.9 Å². The Labute approximate surface area is 132 Å². The van der Waals surface area contributed by atoms with Crippen molar-refractivity contribution in [3.05, 3.63) is 33.7 Å². The molecule has 21 heavy (non-hydrogen) atoms. The van der Waals surface area contributed by atoms with Crippen LogP contribution in [0.1, 0.15) is 10.4 Å². The Morgan fingerprint density at radius 2 is 2.24 bits per heavy atom. The van der Waals surface area contributed by atoms with E-state index in [4.69, 9.17) is 21.6 Å². The van der Waals surface area contributed by atoms with Gasteiger partial charge in [-0.05, 0) is 18.2 Å². The number of halogens is 1. The van der Waals surface area contributed by atoms with Crippen LogP contribution in [0.2, 0.25) is 5.02 Å². The van der Waals surface area contributed by atoms with Crippen molar-refractivity contribution < 1.29 is 4.74 Å². The van der Waals surface area contributed by atoms with Gasteiger partial charge in [0.1, 0.15) is 0 Å². The molecule has 0 aliphatic heterocycles. The molecule has 0 saturated heterocycles. The van der Waals surface area contributed by atoms with Crippen LogP contribution in [0.3, 0.4) is 0 Å². The van der Waals surface area contributed by atoms with Gasteiger partial charge >= 0.3 is 0 Å². The van der Waals surface area contributed by atoms with E-state index in [-0.39, 0.29) is 0 Å². The molecule has 5 nitrogen and oxygen atoms in total. The molecule has 1 heterocycles. The molecule has 1 aromatic carbocycles. The Kier molecular flexibility index (Phi) is 4.89. The number of thiazole rings is 1. The van der Waals surface area contributed by atoms with Crippen molar-refractivity contribution in [3.63, 3.8) is 0 Å². The molecule has 0 saturated carbocycles. The van der Waals surface area contributed by atoms with Gasteiger partial charge in [-0.15, -0.1) is 0 Å². The molecule has 0 unspecified atom stereocenters. The van der Waals surface area contributed by atoms with Crippen LogP contribution in [0.5, 0.6) is 5.88 Å². The molecule has 1 aromatic heterocycles. The smallest absolute Gasteiger partial charge is 0.231 e.